The maximum atomic E-state index is 12.1. The summed E-state index contributed by atoms with van der Waals surface area (Å²) in [6.45, 7) is 6.43. The van der Waals surface area contributed by atoms with E-state index < -0.39 is 48.1 Å². The van der Waals surface area contributed by atoms with E-state index in [1.54, 1.807) is 38.3 Å². The average Bonchev–Trinajstić information content (AvgIpc) is 3.66. The molecule has 2 fully saturated rings. The number of phenols is 2. The zero-order valence-electron chi connectivity index (χ0n) is 38.7. The second-order valence-corrected chi connectivity index (χ2v) is 17.5. The molecular formula is C50H81NO13. The lowest BCUT2D eigenvalue weighted by molar-refractivity contribution is -0.138. The smallest absolute Gasteiger partial charge is 0.303 e. The van der Waals surface area contributed by atoms with Gasteiger partial charge in [-0.3, -0.25) is 14.4 Å². The van der Waals surface area contributed by atoms with Gasteiger partial charge in [0.2, 0.25) is 0 Å². The van der Waals surface area contributed by atoms with E-state index in [1.165, 1.54) is 12.1 Å². The highest BCUT2D eigenvalue weighted by molar-refractivity contribution is 5.84. The number of hydrogen-bond donors (Lipinski definition) is 11. The highest BCUT2D eigenvalue weighted by Crippen LogP contribution is 2.37. The van der Waals surface area contributed by atoms with Gasteiger partial charge in [-0.2, -0.15) is 0 Å². The summed E-state index contributed by atoms with van der Waals surface area (Å²) in [6.07, 6.45) is 24.1. The quantitative estimate of drug-likeness (QED) is 0.0241. The average molecular weight is 904 g/mol. The third kappa shape index (κ3) is 24.4. The number of aliphatic hydroxyl groups excluding tert-OH is 5. The van der Waals surface area contributed by atoms with Crippen molar-refractivity contribution in [2.75, 3.05) is 13.6 Å². The van der Waals surface area contributed by atoms with Gasteiger partial charge in [0, 0.05) is 50.0 Å². The van der Waals surface area contributed by atoms with Gasteiger partial charge in [0.25, 0.3) is 0 Å². The van der Waals surface area contributed by atoms with Crippen LogP contribution in [0.1, 0.15) is 148 Å². The molecule has 2 saturated carbocycles. The number of rotatable bonds is 27. The Balaban J connectivity index is 0.000000506. The minimum atomic E-state index is -0.889. The molecule has 14 nitrogen and oxygen atoms in total. The number of allylic oxidation sites excluding steroid dienone is 4. The summed E-state index contributed by atoms with van der Waals surface area (Å²) in [5.41, 5.74) is -0.315. The Bertz CT molecular complexity index is 1590. The molecule has 10 atom stereocenters. The van der Waals surface area contributed by atoms with Crippen LogP contribution >= 0.6 is 0 Å². The number of benzene rings is 1. The molecule has 0 amide bonds. The van der Waals surface area contributed by atoms with Gasteiger partial charge in [0.15, 0.2) is 11.5 Å². The number of carbonyl (C=O) groups excluding carboxylic acids is 1. The SMILES string of the molecule is CCCCC[C@H](O)/C=C/[C@H]1[C@H](O)CC(=O)[C@@H]1C/C=C\CCCC(=O)O.CCCCC[C@](C)(O)/C=C/[C@@H]1[C@@H](C/C=C\CCCC(=O)O)[C@@H](O)C[C@H]1O.CNC[C@H](O)c1ccc(O)c(O)c1. The van der Waals surface area contributed by atoms with Gasteiger partial charge in [0.1, 0.15) is 5.78 Å². The van der Waals surface area contributed by atoms with E-state index in [1.807, 2.05) is 30.4 Å². The summed E-state index contributed by atoms with van der Waals surface area (Å²) in [5.74, 6) is -2.70. The molecule has 364 valence electrons. The van der Waals surface area contributed by atoms with Gasteiger partial charge in [-0.15, -0.1) is 0 Å². The van der Waals surface area contributed by atoms with Crippen LogP contribution in [-0.4, -0.2) is 112 Å². The number of unbranched alkanes of at least 4 members (excludes halogenated alkanes) is 6. The van der Waals surface area contributed by atoms with Crippen LogP contribution < -0.4 is 5.32 Å². The van der Waals surface area contributed by atoms with E-state index in [4.69, 9.17) is 20.4 Å². The lowest BCUT2D eigenvalue weighted by Crippen LogP contribution is -2.24. The van der Waals surface area contributed by atoms with Crippen molar-refractivity contribution in [3.8, 4) is 11.5 Å². The van der Waals surface area contributed by atoms with Crippen molar-refractivity contribution < 1.29 is 65.4 Å². The predicted octanol–water partition coefficient (Wildman–Crippen LogP) is 7.03. The maximum absolute atomic E-state index is 12.1. The van der Waals surface area contributed by atoms with Crippen LogP contribution in [0.5, 0.6) is 11.5 Å². The molecule has 3 rings (SSSR count). The van der Waals surface area contributed by atoms with E-state index in [-0.39, 0.29) is 60.2 Å². The molecule has 2 aliphatic carbocycles. The molecule has 11 N–H and O–H groups in total. The van der Waals surface area contributed by atoms with Crippen LogP contribution in [0.15, 0.2) is 66.8 Å². The monoisotopic (exact) mass is 904 g/mol. The molecule has 0 bridgehead atoms. The van der Waals surface area contributed by atoms with E-state index in [2.05, 4.69) is 19.2 Å². The van der Waals surface area contributed by atoms with Crippen molar-refractivity contribution in [1.29, 1.82) is 0 Å². The Labute approximate surface area is 381 Å². The van der Waals surface area contributed by atoms with Crippen molar-refractivity contribution >= 4 is 17.7 Å². The number of aliphatic carboxylic acids is 2. The summed E-state index contributed by atoms with van der Waals surface area (Å²) < 4.78 is 0. The maximum Gasteiger partial charge on any atom is 0.303 e. The van der Waals surface area contributed by atoms with Gasteiger partial charge >= 0.3 is 11.9 Å². The van der Waals surface area contributed by atoms with Gasteiger partial charge in [-0.25, -0.2) is 0 Å². The molecule has 0 unspecified atom stereocenters. The number of carboxylic acids is 2. The Morgan fingerprint density at radius 2 is 1.41 bits per heavy atom. The molecule has 0 aromatic heterocycles. The van der Waals surface area contributed by atoms with Crippen molar-refractivity contribution in [2.24, 2.45) is 23.7 Å². The van der Waals surface area contributed by atoms with Gasteiger partial charge in [0.05, 0.1) is 36.1 Å². The molecule has 2 aliphatic rings. The summed E-state index contributed by atoms with van der Waals surface area (Å²) in [7, 11) is 1.73. The fourth-order valence-electron chi connectivity index (χ4n) is 7.86. The van der Waals surface area contributed by atoms with Crippen LogP contribution in [-0.2, 0) is 14.4 Å². The second kappa shape index (κ2) is 32.7. The largest absolute Gasteiger partial charge is 0.504 e. The predicted molar refractivity (Wildman–Crippen MR) is 249 cm³/mol. The highest BCUT2D eigenvalue weighted by Gasteiger charge is 2.40. The zero-order chi connectivity index (χ0) is 48.1. The van der Waals surface area contributed by atoms with E-state index >= 15 is 0 Å². The van der Waals surface area contributed by atoms with Gasteiger partial charge in [-0.1, -0.05) is 107 Å². The van der Waals surface area contributed by atoms with Crippen LogP contribution in [0.3, 0.4) is 0 Å². The molecular weight excluding hydrogens is 823 g/mol. The first-order valence-corrected chi connectivity index (χ1v) is 23.3. The Kier molecular flexibility index (Phi) is 29.7. The number of phenolic OH excluding ortho intramolecular Hbond substituents is 2. The van der Waals surface area contributed by atoms with E-state index in [9.17, 15) is 45.0 Å². The number of aliphatic hydroxyl groups is 6. The van der Waals surface area contributed by atoms with Crippen LogP contribution in [0.4, 0.5) is 0 Å². The molecule has 1 aromatic carbocycles. The summed E-state index contributed by atoms with van der Waals surface area (Å²) in [4.78, 5) is 33.0. The first kappa shape index (κ1) is 58.1. The number of hydrogen-bond acceptors (Lipinski definition) is 12. The fourth-order valence-corrected chi connectivity index (χ4v) is 7.86. The molecule has 64 heavy (non-hydrogen) atoms. The summed E-state index contributed by atoms with van der Waals surface area (Å²) in [5, 5.41) is 98.7. The molecule has 0 heterocycles. The Hall–Kier alpha value is -3.89. The van der Waals surface area contributed by atoms with Crippen molar-refractivity contribution in [3.63, 3.8) is 0 Å². The summed E-state index contributed by atoms with van der Waals surface area (Å²) >= 11 is 0. The van der Waals surface area contributed by atoms with Gasteiger partial charge in [-0.05, 0) is 89.0 Å². The molecule has 0 spiro atoms. The number of Topliss-reactive ketones (excluding diaryl/α,β-unsaturated/α-hetero) is 1. The number of carbonyl (C=O) groups is 3. The number of ketones is 1. The topological polar surface area (TPSA) is 266 Å². The number of nitrogens with one attached hydrogen (secondary N) is 1. The Morgan fingerprint density at radius 3 is 1.98 bits per heavy atom. The zero-order valence-corrected chi connectivity index (χ0v) is 38.7. The second-order valence-electron chi connectivity index (χ2n) is 17.5. The minimum absolute atomic E-state index is 0.0535. The van der Waals surface area contributed by atoms with E-state index in [0.717, 1.165) is 38.5 Å². The number of carboxylic acid groups (broad SMARTS) is 2. The first-order chi connectivity index (χ1) is 30.4. The first-order valence-electron chi connectivity index (χ1n) is 23.3. The van der Waals surface area contributed by atoms with Crippen LogP contribution in [0.25, 0.3) is 0 Å². The molecule has 0 radical (unpaired) electrons. The Morgan fingerprint density at radius 1 is 0.797 bits per heavy atom. The fraction of sp³-hybridized carbons (Fsp3) is 0.660. The standard InChI is InChI=1S/C21H36O5.C20H32O5.C9H13NO3/c1-3-4-9-13-21(2,26)14-12-17-16(18(22)15-19(17)23)10-7-5-6-8-11-20(24)25;1-2-3-6-9-15(21)12-13-17-16(18(22)14-19(17)23)10-7-4-5-8-11-20(24)25;1-10-5-9(13)6-2-3-7(11)8(12)4-6/h5,7,12,14,16-19,22-23,26H,3-4,6,8-11,13,15H2,1-2H3,(H,24,25);4,7,12-13,15-17,19,21,23H,2-3,5-6,8-11,14H2,1H3,(H,24,25);2-4,9-13H,5H2,1H3/b7-5-,14-12+;7-4-,13-12+;/t16-,17-,18+,19-,21+;15-,16+,17+,19+;9-/m100/s1. The van der Waals surface area contributed by atoms with E-state index in [0.29, 0.717) is 69.9 Å². The van der Waals surface area contributed by atoms with Crippen LogP contribution in [0, 0.1) is 23.7 Å². The number of likely N-dealkylation sites (N-methyl/N-ethyl adjacent to an activating group) is 1. The third-order valence-electron chi connectivity index (χ3n) is 11.7. The molecule has 14 heteroatoms. The normalized spacial score (nSPS) is 24.2. The molecule has 1 aromatic rings. The van der Waals surface area contributed by atoms with Crippen LogP contribution in [0.2, 0.25) is 0 Å². The van der Waals surface area contributed by atoms with Crippen molar-refractivity contribution in [1.82, 2.24) is 5.32 Å². The molecule has 0 aliphatic heterocycles. The third-order valence-corrected chi connectivity index (χ3v) is 11.7. The lowest BCUT2D eigenvalue weighted by atomic mass is 9.88. The number of aromatic hydroxyl groups is 2. The molecule has 0 saturated heterocycles. The highest BCUT2D eigenvalue weighted by atomic mass is 16.4. The van der Waals surface area contributed by atoms with Gasteiger partial charge < -0.3 is 56.4 Å². The van der Waals surface area contributed by atoms with Crippen molar-refractivity contribution in [3.05, 3.63) is 72.4 Å². The van der Waals surface area contributed by atoms with Crippen molar-refractivity contribution in [2.45, 2.75) is 172 Å². The summed E-state index contributed by atoms with van der Waals surface area (Å²) in [6, 6.07) is 4.26. The minimum Gasteiger partial charge on any atom is -0.504 e. The lowest BCUT2D eigenvalue weighted by Gasteiger charge is -2.23.